The maximum atomic E-state index is 12.3. The summed E-state index contributed by atoms with van der Waals surface area (Å²) in [5, 5.41) is 4.56. The normalized spacial score (nSPS) is 17.5. The molecule has 150 valence electrons. The Hall–Kier alpha value is -2.33. The largest absolute Gasteiger partial charge is 0.355 e. The summed E-state index contributed by atoms with van der Waals surface area (Å²) >= 11 is 1.85. The maximum absolute atomic E-state index is 12.3. The van der Waals surface area contributed by atoms with Crippen molar-refractivity contribution in [2.24, 2.45) is 7.05 Å². The van der Waals surface area contributed by atoms with Crippen LogP contribution in [0.1, 0.15) is 11.3 Å². The summed E-state index contributed by atoms with van der Waals surface area (Å²) in [6.45, 7) is 4.35. The van der Waals surface area contributed by atoms with Gasteiger partial charge in [-0.2, -0.15) is 16.9 Å². The predicted molar refractivity (Wildman–Crippen MR) is 109 cm³/mol. The van der Waals surface area contributed by atoms with Gasteiger partial charge >= 0.3 is 5.69 Å². The molecule has 28 heavy (non-hydrogen) atoms. The van der Waals surface area contributed by atoms with E-state index in [2.05, 4.69) is 15.0 Å². The number of rotatable bonds is 4. The number of aryl methyl sites for hydroxylation is 1. The Morgan fingerprint density at radius 3 is 2.61 bits per heavy atom. The summed E-state index contributed by atoms with van der Waals surface area (Å²) in [5.74, 6) is 2.51. The Morgan fingerprint density at radius 2 is 1.86 bits per heavy atom. The maximum Gasteiger partial charge on any atom is 0.329 e. The van der Waals surface area contributed by atoms with E-state index in [1.54, 1.807) is 10.7 Å². The predicted octanol–water partition coefficient (Wildman–Crippen LogP) is -0.758. The highest BCUT2D eigenvalue weighted by Crippen LogP contribution is 2.21. The first-order valence-corrected chi connectivity index (χ1v) is 10.6. The first kappa shape index (κ1) is 19.0. The average Bonchev–Trinajstić information content (AvgIpc) is 2.70. The topological polar surface area (TPSA) is 96.2 Å². The van der Waals surface area contributed by atoms with Crippen LogP contribution in [0.15, 0.2) is 26.5 Å². The molecule has 0 bridgehead atoms. The lowest BCUT2D eigenvalue weighted by Gasteiger charge is -2.35. The van der Waals surface area contributed by atoms with Crippen LogP contribution in [0.5, 0.6) is 0 Å². The Bertz CT molecular complexity index is 1000. The van der Waals surface area contributed by atoms with Gasteiger partial charge in [0.25, 0.3) is 11.1 Å². The zero-order valence-electron chi connectivity index (χ0n) is 15.9. The fraction of sp³-hybridized carbons (Fsp3) is 0.556. The van der Waals surface area contributed by atoms with E-state index in [0.717, 1.165) is 53.4 Å². The van der Waals surface area contributed by atoms with Gasteiger partial charge in [0.05, 0.1) is 12.2 Å². The van der Waals surface area contributed by atoms with Gasteiger partial charge in [-0.3, -0.25) is 24.0 Å². The molecule has 0 aromatic carbocycles. The number of H-pyrrole nitrogens is 1. The highest BCUT2D eigenvalue weighted by atomic mass is 32.2. The molecule has 2 aliphatic rings. The molecule has 0 unspecified atom stereocenters. The molecular formula is C18H24N6O3S. The molecule has 0 aliphatic carbocycles. The highest BCUT2D eigenvalue weighted by Gasteiger charge is 2.19. The highest BCUT2D eigenvalue weighted by molar-refractivity contribution is 7.98. The molecule has 2 aromatic rings. The number of nitrogens with zero attached hydrogens (tertiary/aromatic N) is 5. The number of aromatic amines is 1. The lowest BCUT2D eigenvalue weighted by Crippen LogP contribution is -2.49. The molecule has 2 aromatic heterocycles. The van der Waals surface area contributed by atoms with Gasteiger partial charge in [-0.15, -0.1) is 0 Å². The van der Waals surface area contributed by atoms with Gasteiger partial charge in [-0.25, -0.2) is 9.48 Å². The summed E-state index contributed by atoms with van der Waals surface area (Å²) < 4.78 is 2.64. The standard InChI is InChI=1S/C18H24N6O3S/c1-21-16(25)11-15(19-18(21)27)23-6-3-22(4-7-23)5-8-24-17(26)10-13-12-28-9-2-14(13)20-24/h10-11H,2-9,12H2,1H3,(H,19,27). The van der Waals surface area contributed by atoms with Gasteiger partial charge in [0.2, 0.25) is 0 Å². The van der Waals surface area contributed by atoms with Crippen molar-refractivity contribution in [3.63, 3.8) is 0 Å². The van der Waals surface area contributed by atoms with Gasteiger partial charge in [0, 0.05) is 64.1 Å². The lowest BCUT2D eigenvalue weighted by molar-refractivity contribution is 0.241. The van der Waals surface area contributed by atoms with Crippen LogP contribution in [0.25, 0.3) is 0 Å². The minimum Gasteiger partial charge on any atom is -0.355 e. The number of fused-ring (bicyclic) bond motifs is 1. The molecule has 9 nitrogen and oxygen atoms in total. The third kappa shape index (κ3) is 3.93. The average molecular weight is 404 g/mol. The van der Waals surface area contributed by atoms with Gasteiger partial charge < -0.3 is 4.90 Å². The Morgan fingerprint density at radius 1 is 1.07 bits per heavy atom. The van der Waals surface area contributed by atoms with Crippen LogP contribution in [-0.4, -0.2) is 62.7 Å². The van der Waals surface area contributed by atoms with Crippen molar-refractivity contribution < 1.29 is 0 Å². The van der Waals surface area contributed by atoms with E-state index in [9.17, 15) is 14.4 Å². The van der Waals surface area contributed by atoms with E-state index in [0.29, 0.717) is 25.5 Å². The number of thioether (sulfide) groups is 1. The van der Waals surface area contributed by atoms with E-state index in [1.165, 1.54) is 13.1 Å². The molecule has 2 aliphatic heterocycles. The molecule has 1 N–H and O–H groups in total. The smallest absolute Gasteiger partial charge is 0.329 e. The number of piperazine rings is 1. The molecule has 0 amide bonds. The van der Waals surface area contributed by atoms with E-state index in [1.807, 2.05) is 16.7 Å². The van der Waals surface area contributed by atoms with E-state index >= 15 is 0 Å². The molecule has 1 saturated heterocycles. The summed E-state index contributed by atoms with van der Waals surface area (Å²) in [7, 11) is 1.46. The second-order valence-electron chi connectivity index (χ2n) is 7.17. The number of nitrogens with one attached hydrogen (secondary N) is 1. The monoisotopic (exact) mass is 404 g/mol. The van der Waals surface area contributed by atoms with Gasteiger partial charge in [0.15, 0.2) is 0 Å². The van der Waals surface area contributed by atoms with Crippen LogP contribution in [0, 0.1) is 0 Å². The van der Waals surface area contributed by atoms with Crippen LogP contribution in [0.3, 0.4) is 0 Å². The minimum absolute atomic E-state index is 0.0300. The molecule has 10 heteroatoms. The molecule has 1 fully saturated rings. The number of aromatic nitrogens is 4. The lowest BCUT2D eigenvalue weighted by atomic mass is 10.2. The van der Waals surface area contributed by atoms with Crippen molar-refractivity contribution in [3.05, 3.63) is 54.6 Å². The number of hydrogen-bond donors (Lipinski definition) is 1. The third-order valence-corrected chi connectivity index (χ3v) is 6.38. The Kier molecular flexibility index (Phi) is 5.40. The molecular weight excluding hydrogens is 380 g/mol. The number of anilines is 1. The summed E-state index contributed by atoms with van der Waals surface area (Å²) in [4.78, 5) is 43.0. The van der Waals surface area contributed by atoms with Crippen LogP contribution < -0.4 is 21.7 Å². The van der Waals surface area contributed by atoms with Crippen molar-refractivity contribution in [1.29, 1.82) is 0 Å². The first-order chi connectivity index (χ1) is 13.5. The van der Waals surface area contributed by atoms with Crippen LogP contribution in [0.4, 0.5) is 5.82 Å². The second-order valence-corrected chi connectivity index (χ2v) is 8.27. The molecule has 0 radical (unpaired) electrons. The zero-order chi connectivity index (χ0) is 19.7. The molecule has 0 spiro atoms. The van der Waals surface area contributed by atoms with E-state index < -0.39 is 5.69 Å². The first-order valence-electron chi connectivity index (χ1n) is 9.46. The van der Waals surface area contributed by atoms with Gasteiger partial charge in [0.1, 0.15) is 5.82 Å². The number of hydrogen-bond acceptors (Lipinski definition) is 7. The van der Waals surface area contributed by atoms with Crippen LogP contribution in [0.2, 0.25) is 0 Å². The van der Waals surface area contributed by atoms with Gasteiger partial charge in [-0.05, 0) is 11.3 Å². The van der Waals surface area contributed by atoms with Crippen molar-refractivity contribution in [2.75, 3.05) is 43.4 Å². The van der Waals surface area contributed by atoms with Crippen LogP contribution in [-0.2, 0) is 25.8 Å². The van der Waals surface area contributed by atoms with E-state index in [4.69, 9.17) is 0 Å². The van der Waals surface area contributed by atoms with Crippen molar-refractivity contribution in [1.82, 2.24) is 24.2 Å². The van der Waals surface area contributed by atoms with Crippen molar-refractivity contribution in [3.8, 4) is 0 Å². The van der Waals surface area contributed by atoms with E-state index in [-0.39, 0.29) is 11.1 Å². The quantitative estimate of drug-likeness (QED) is 0.716. The second kappa shape index (κ2) is 7.96. The summed E-state index contributed by atoms with van der Waals surface area (Å²) in [5.41, 5.74) is 1.39. The summed E-state index contributed by atoms with van der Waals surface area (Å²) in [6.07, 6.45) is 0.924. The van der Waals surface area contributed by atoms with Gasteiger partial charge in [-0.1, -0.05) is 0 Å². The molecule has 4 rings (SSSR count). The zero-order valence-corrected chi connectivity index (χ0v) is 16.7. The Balaban J connectivity index is 1.36. The third-order valence-electron chi connectivity index (χ3n) is 5.38. The molecule has 0 saturated carbocycles. The molecule has 0 atom stereocenters. The van der Waals surface area contributed by atoms with Crippen molar-refractivity contribution >= 4 is 17.6 Å². The summed E-state index contributed by atoms with van der Waals surface area (Å²) in [6, 6.07) is 3.20. The molecule has 4 heterocycles. The fourth-order valence-corrected chi connectivity index (χ4v) is 4.53. The van der Waals surface area contributed by atoms with Crippen molar-refractivity contribution in [2.45, 2.75) is 18.7 Å². The minimum atomic E-state index is -0.402. The Labute approximate surface area is 166 Å². The van der Waals surface area contributed by atoms with Crippen LogP contribution >= 0.6 is 11.8 Å². The fourth-order valence-electron chi connectivity index (χ4n) is 3.57. The SMILES string of the molecule is Cn1c(=O)cc(N2CCN(CCn3nc4c(cc3=O)CSCC4)CC2)[nH]c1=O.